The molecule has 0 aromatic heterocycles. The minimum atomic E-state index is -0.202. The number of benzene rings is 1. The standard InChI is InChI=1S/C16H26NSi/c1-6-18(7-2)15-10-17-16-12(4)8-11(3)9-14(16)13(15)5/h8-9,13,15,17H,6-7,10H2,1-5H3. The van der Waals surface area contributed by atoms with E-state index in [0.29, 0.717) is 0 Å². The molecule has 0 saturated carbocycles. The van der Waals surface area contributed by atoms with Gasteiger partial charge in [0.2, 0.25) is 0 Å². The smallest absolute Gasteiger partial charge is 0.0534 e. The highest BCUT2D eigenvalue weighted by Gasteiger charge is 2.32. The molecule has 0 bridgehead atoms. The van der Waals surface area contributed by atoms with Crippen LogP contribution in [0.4, 0.5) is 5.69 Å². The van der Waals surface area contributed by atoms with Crippen molar-refractivity contribution in [2.75, 3.05) is 11.9 Å². The zero-order valence-corrected chi connectivity index (χ0v) is 13.4. The summed E-state index contributed by atoms with van der Waals surface area (Å²) in [6.45, 7) is 12.8. The van der Waals surface area contributed by atoms with Gasteiger partial charge in [0.1, 0.15) is 0 Å². The molecule has 2 heteroatoms. The molecule has 99 valence electrons. The van der Waals surface area contributed by atoms with Crippen LogP contribution in [0.25, 0.3) is 0 Å². The molecule has 1 aliphatic heterocycles. The summed E-state index contributed by atoms with van der Waals surface area (Å²) < 4.78 is 0. The van der Waals surface area contributed by atoms with E-state index in [1.54, 1.807) is 5.56 Å². The van der Waals surface area contributed by atoms with E-state index >= 15 is 0 Å². The van der Waals surface area contributed by atoms with Crippen LogP contribution in [0.15, 0.2) is 12.1 Å². The predicted molar refractivity (Wildman–Crippen MR) is 83.3 cm³/mol. The van der Waals surface area contributed by atoms with Crippen molar-refractivity contribution in [3.05, 3.63) is 28.8 Å². The van der Waals surface area contributed by atoms with Crippen molar-refractivity contribution in [2.24, 2.45) is 0 Å². The molecule has 1 aromatic carbocycles. The van der Waals surface area contributed by atoms with Crippen molar-refractivity contribution in [1.29, 1.82) is 0 Å². The van der Waals surface area contributed by atoms with Crippen molar-refractivity contribution in [3.63, 3.8) is 0 Å². The minimum absolute atomic E-state index is 0.202. The van der Waals surface area contributed by atoms with Crippen molar-refractivity contribution in [3.8, 4) is 0 Å². The highest BCUT2D eigenvalue weighted by atomic mass is 28.3. The quantitative estimate of drug-likeness (QED) is 0.774. The number of anilines is 1. The number of hydrogen-bond donors (Lipinski definition) is 1. The molecule has 1 nitrogen and oxygen atoms in total. The Kier molecular flexibility index (Phi) is 4.16. The van der Waals surface area contributed by atoms with E-state index in [0.717, 1.165) is 11.5 Å². The summed E-state index contributed by atoms with van der Waals surface area (Å²) in [6, 6.07) is 7.50. The first kappa shape index (κ1) is 13.7. The predicted octanol–water partition coefficient (Wildman–Crippen LogP) is 4.74. The third-order valence-electron chi connectivity index (χ3n) is 4.54. The number of fused-ring (bicyclic) bond motifs is 1. The molecule has 1 heterocycles. The molecule has 2 unspecified atom stereocenters. The maximum absolute atomic E-state index is 3.71. The maximum Gasteiger partial charge on any atom is 0.0534 e. The largest absolute Gasteiger partial charge is 0.385 e. The van der Waals surface area contributed by atoms with Crippen LogP contribution in [0.3, 0.4) is 0 Å². The van der Waals surface area contributed by atoms with Gasteiger partial charge in [-0.2, -0.15) is 0 Å². The zero-order chi connectivity index (χ0) is 13.3. The number of aryl methyl sites for hydroxylation is 2. The van der Waals surface area contributed by atoms with Gasteiger partial charge in [-0.3, -0.25) is 0 Å². The first-order valence-electron chi connectivity index (χ1n) is 7.28. The second-order valence-corrected chi connectivity index (χ2v) is 9.16. The molecule has 0 saturated heterocycles. The Hall–Kier alpha value is -0.763. The van der Waals surface area contributed by atoms with Gasteiger partial charge in [-0.1, -0.05) is 50.6 Å². The van der Waals surface area contributed by atoms with Crippen LogP contribution in [-0.2, 0) is 0 Å². The second kappa shape index (κ2) is 5.48. The van der Waals surface area contributed by atoms with E-state index < -0.39 is 0 Å². The third kappa shape index (κ3) is 2.35. The van der Waals surface area contributed by atoms with Gasteiger partial charge >= 0.3 is 0 Å². The Morgan fingerprint density at radius 1 is 1.22 bits per heavy atom. The summed E-state index contributed by atoms with van der Waals surface area (Å²) in [5.41, 5.74) is 6.68. The Labute approximate surface area is 114 Å². The lowest BCUT2D eigenvalue weighted by molar-refractivity contribution is 0.661. The molecule has 1 aliphatic rings. The molecule has 0 fully saturated rings. The summed E-state index contributed by atoms with van der Waals surface area (Å²) in [4.78, 5) is 0. The van der Waals surface area contributed by atoms with Gasteiger partial charge in [-0.25, -0.2) is 0 Å². The monoisotopic (exact) mass is 260 g/mol. The molecular weight excluding hydrogens is 234 g/mol. The Bertz CT molecular complexity index is 423. The van der Waals surface area contributed by atoms with Crippen LogP contribution in [0, 0.1) is 13.8 Å². The van der Waals surface area contributed by atoms with Crippen molar-refractivity contribution in [1.82, 2.24) is 0 Å². The summed E-state index contributed by atoms with van der Waals surface area (Å²) >= 11 is 0. The number of rotatable bonds is 3. The van der Waals surface area contributed by atoms with Crippen molar-refractivity contribution < 1.29 is 0 Å². The average Bonchev–Trinajstić information content (AvgIpc) is 2.34. The Balaban J connectivity index is 2.35. The molecule has 1 N–H and O–H groups in total. The fourth-order valence-corrected chi connectivity index (χ4v) is 6.31. The van der Waals surface area contributed by atoms with Gasteiger partial charge in [-0.15, -0.1) is 0 Å². The fourth-order valence-electron chi connectivity index (χ4n) is 3.48. The average molecular weight is 260 g/mol. The molecule has 2 atom stereocenters. The second-order valence-electron chi connectivity index (χ2n) is 5.69. The zero-order valence-electron chi connectivity index (χ0n) is 12.4. The first-order valence-corrected chi connectivity index (χ1v) is 9.27. The summed E-state index contributed by atoms with van der Waals surface area (Å²) in [5.74, 6) is 0.730. The van der Waals surface area contributed by atoms with Gasteiger partial charge in [0.15, 0.2) is 0 Å². The topological polar surface area (TPSA) is 12.0 Å². The van der Waals surface area contributed by atoms with Gasteiger partial charge in [0, 0.05) is 12.2 Å². The minimum Gasteiger partial charge on any atom is -0.385 e. The van der Waals surface area contributed by atoms with E-state index in [1.165, 1.54) is 35.4 Å². The van der Waals surface area contributed by atoms with Crippen LogP contribution in [-0.4, -0.2) is 15.3 Å². The van der Waals surface area contributed by atoms with Crippen LogP contribution < -0.4 is 5.32 Å². The van der Waals surface area contributed by atoms with E-state index in [4.69, 9.17) is 0 Å². The van der Waals surface area contributed by atoms with Crippen molar-refractivity contribution >= 4 is 14.5 Å². The maximum atomic E-state index is 3.71. The van der Waals surface area contributed by atoms with Gasteiger partial charge in [-0.05, 0) is 36.4 Å². The van der Waals surface area contributed by atoms with E-state index in [9.17, 15) is 0 Å². The molecule has 18 heavy (non-hydrogen) atoms. The van der Waals surface area contributed by atoms with E-state index in [1.807, 2.05) is 0 Å². The third-order valence-corrected chi connectivity index (χ3v) is 8.11. The first-order chi connectivity index (χ1) is 8.58. The molecule has 1 aromatic rings. The number of nitrogens with one attached hydrogen (secondary N) is 1. The van der Waals surface area contributed by atoms with E-state index in [2.05, 4.69) is 52.1 Å². The molecule has 0 amide bonds. The van der Waals surface area contributed by atoms with Crippen LogP contribution in [0.1, 0.15) is 43.4 Å². The molecular formula is C16H26NSi. The summed E-state index contributed by atoms with van der Waals surface area (Å²) in [6.07, 6.45) is 0. The molecule has 1 radical (unpaired) electrons. The Morgan fingerprint density at radius 3 is 2.50 bits per heavy atom. The molecule has 0 aliphatic carbocycles. The lowest BCUT2D eigenvalue weighted by Crippen LogP contribution is -2.33. The summed E-state index contributed by atoms with van der Waals surface area (Å²) in [5, 5.41) is 3.71. The van der Waals surface area contributed by atoms with Crippen molar-refractivity contribution in [2.45, 2.75) is 58.2 Å². The van der Waals surface area contributed by atoms with Crippen LogP contribution >= 0.6 is 0 Å². The lowest BCUT2D eigenvalue weighted by Gasteiger charge is -2.37. The molecule has 2 rings (SSSR count). The lowest BCUT2D eigenvalue weighted by atomic mass is 9.89. The van der Waals surface area contributed by atoms with Crippen LogP contribution in [0.5, 0.6) is 0 Å². The van der Waals surface area contributed by atoms with Gasteiger partial charge in [0.05, 0.1) is 8.80 Å². The Morgan fingerprint density at radius 2 is 1.89 bits per heavy atom. The molecule has 0 spiro atoms. The van der Waals surface area contributed by atoms with Crippen LogP contribution in [0.2, 0.25) is 17.6 Å². The number of hydrogen-bond acceptors (Lipinski definition) is 1. The van der Waals surface area contributed by atoms with E-state index in [-0.39, 0.29) is 8.80 Å². The highest BCUT2D eigenvalue weighted by molar-refractivity contribution is 6.60. The highest BCUT2D eigenvalue weighted by Crippen LogP contribution is 2.42. The van der Waals surface area contributed by atoms with Gasteiger partial charge < -0.3 is 5.32 Å². The summed E-state index contributed by atoms with van der Waals surface area (Å²) in [7, 11) is -0.202. The van der Waals surface area contributed by atoms with Gasteiger partial charge in [0.25, 0.3) is 0 Å². The SMILES string of the molecule is CC[Si](CC)C1CNc2c(C)cc(C)cc2C1C. The normalized spacial score (nSPS) is 22.8. The fraction of sp³-hybridized carbons (Fsp3) is 0.625.